The Kier molecular flexibility index (Phi) is 8.97. The molecule has 0 aromatic heterocycles. The molecule has 0 heterocycles. The van der Waals surface area contributed by atoms with Crippen LogP contribution in [0.3, 0.4) is 0 Å². The third-order valence-electron chi connectivity index (χ3n) is 5.57. The standard InChI is InChI=1S/C25H35NO3SSi/c1-8-22(29-31(6,7)25(3,4)5)19-30(23-16-14-20(2)15-17-23)26-24(27)28-18-21-12-10-9-11-13-21/h8-17,22H,1,18-19H2,2-7H3/p+1/t22-,30?/m0/s1. The van der Waals surface area contributed by atoms with E-state index in [9.17, 15) is 4.79 Å². The first-order valence-corrected chi connectivity index (χ1v) is 14.9. The van der Waals surface area contributed by atoms with Crippen molar-refractivity contribution >= 4 is 25.1 Å². The Morgan fingerprint density at radius 2 is 1.74 bits per heavy atom. The first-order valence-electron chi connectivity index (χ1n) is 10.6. The molecule has 2 atom stereocenters. The van der Waals surface area contributed by atoms with Crippen LogP contribution >= 0.6 is 0 Å². The lowest BCUT2D eigenvalue weighted by atomic mass is 10.2. The summed E-state index contributed by atoms with van der Waals surface area (Å²) in [4.78, 5) is 13.6. The van der Waals surface area contributed by atoms with Crippen molar-refractivity contribution in [2.45, 2.75) is 63.4 Å². The number of ether oxygens (including phenoxy) is 1. The molecular weight excluding hydrogens is 422 g/mol. The summed E-state index contributed by atoms with van der Waals surface area (Å²) in [6.45, 7) is 17.4. The van der Waals surface area contributed by atoms with Crippen LogP contribution in [0.1, 0.15) is 31.9 Å². The van der Waals surface area contributed by atoms with Crippen molar-refractivity contribution in [3.63, 3.8) is 0 Å². The average molecular weight is 459 g/mol. The molecule has 0 fully saturated rings. The number of benzene rings is 2. The topological polar surface area (TPSA) is 49.5 Å². The van der Waals surface area contributed by atoms with Crippen LogP contribution in [0, 0.1) is 6.92 Å². The van der Waals surface area contributed by atoms with Gasteiger partial charge in [-0.3, -0.25) is 0 Å². The number of nitrogens with one attached hydrogen (secondary N) is 1. The highest BCUT2D eigenvalue weighted by Crippen LogP contribution is 2.37. The Morgan fingerprint density at radius 1 is 1.13 bits per heavy atom. The zero-order chi connectivity index (χ0) is 23.1. The van der Waals surface area contributed by atoms with Crippen LogP contribution in [0.2, 0.25) is 18.1 Å². The molecule has 0 spiro atoms. The van der Waals surface area contributed by atoms with Gasteiger partial charge in [-0.25, -0.2) is 0 Å². The number of carbonyl (C=O) groups is 1. The number of aryl methyl sites for hydroxylation is 1. The summed E-state index contributed by atoms with van der Waals surface area (Å²) in [6, 6.07) is 17.9. The van der Waals surface area contributed by atoms with Crippen LogP contribution < -0.4 is 4.36 Å². The minimum Gasteiger partial charge on any atom is -0.410 e. The van der Waals surface area contributed by atoms with Gasteiger partial charge in [0.2, 0.25) is 0 Å². The lowest BCUT2D eigenvalue weighted by molar-refractivity contribution is -0.341. The fraction of sp³-hybridized carbons (Fsp3) is 0.400. The lowest BCUT2D eigenvalue weighted by Gasteiger charge is -2.38. The number of hydrogen-bond acceptors (Lipinski definition) is 3. The molecule has 1 unspecified atom stereocenters. The van der Waals surface area contributed by atoms with Gasteiger partial charge in [0.1, 0.15) is 6.61 Å². The van der Waals surface area contributed by atoms with Crippen molar-refractivity contribution in [3.8, 4) is 0 Å². The van der Waals surface area contributed by atoms with E-state index >= 15 is 0 Å². The van der Waals surface area contributed by atoms with Gasteiger partial charge in [-0.15, -0.1) is 10.9 Å². The van der Waals surface area contributed by atoms with Crippen LogP contribution in [0.4, 0.5) is 4.79 Å². The Hall–Kier alpha value is -2.02. The normalized spacial score (nSPS) is 14.1. The second-order valence-electron chi connectivity index (χ2n) is 9.19. The van der Waals surface area contributed by atoms with Crippen molar-refractivity contribution in [1.82, 2.24) is 0 Å². The fourth-order valence-electron chi connectivity index (χ4n) is 2.62. The van der Waals surface area contributed by atoms with Crippen molar-refractivity contribution < 1.29 is 18.3 Å². The molecular formula is C25H36NO3SSi+. The maximum atomic E-state index is 12.6. The van der Waals surface area contributed by atoms with E-state index in [0.29, 0.717) is 5.75 Å². The Morgan fingerprint density at radius 3 is 2.29 bits per heavy atom. The Bertz CT molecular complexity index is 903. The molecule has 4 nitrogen and oxygen atoms in total. The second-order valence-corrected chi connectivity index (χ2v) is 15.7. The highest BCUT2D eigenvalue weighted by molar-refractivity contribution is 7.84. The summed E-state index contributed by atoms with van der Waals surface area (Å²) in [5, 5.41) is 0.0960. The van der Waals surface area contributed by atoms with Crippen LogP contribution in [0.5, 0.6) is 0 Å². The maximum absolute atomic E-state index is 12.6. The van der Waals surface area contributed by atoms with Crippen LogP contribution in [0.15, 0.2) is 72.1 Å². The molecule has 6 heteroatoms. The van der Waals surface area contributed by atoms with E-state index < -0.39 is 25.1 Å². The first-order chi connectivity index (χ1) is 14.5. The van der Waals surface area contributed by atoms with Gasteiger partial charge in [0.05, 0.1) is 27.4 Å². The summed E-state index contributed by atoms with van der Waals surface area (Å²) < 4.78 is 15.1. The quantitative estimate of drug-likeness (QED) is 0.440. The highest BCUT2D eigenvalue weighted by Gasteiger charge is 2.39. The summed E-state index contributed by atoms with van der Waals surface area (Å²) in [6.07, 6.45) is 1.27. The third kappa shape index (κ3) is 7.87. The number of hydrogen-bond donors (Lipinski definition) is 1. The summed E-state index contributed by atoms with van der Waals surface area (Å²) in [7, 11) is -2.55. The zero-order valence-corrected chi connectivity index (χ0v) is 21.4. The van der Waals surface area contributed by atoms with Gasteiger partial charge in [0.25, 0.3) is 0 Å². The second kappa shape index (κ2) is 11.0. The van der Waals surface area contributed by atoms with Crippen molar-refractivity contribution in [2.24, 2.45) is 0 Å². The van der Waals surface area contributed by atoms with Crippen LogP contribution in [-0.2, 0) is 26.5 Å². The largest absolute Gasteiger partial charge is 0.602 e. The fourth-order valence-corrected chi connectivity index (χ4v) is 5.68. The van der Waals surface area contributed by atoms with Gasteiger partial charge in [0.15, 0.2) is 8.32 Å². The molecule has 0 saturated heterocycles. The predicted octanol–water partition coefficient (Wildman–Crippen LogP) is 5.15. The highest BCUT2D eigenvalue weighted by atomic mass is 32.2. The van der Waals surface area contributed by atoms with Crippen molar-refractivity contribution in [3.05, 3.63) is 78.4 Å². The molecule has 0 aliphatic rings. The smallest absolute Gasteiger partial charge is 0.410 e. The van der Waals surface area contributed by atoms with Gasteiger partial charge in [-0.1, -0.05) is 74.9 Å². The number of carbonyl (C=O) groups excluding carboxylic acids is 1. The van der Waals surface area contributed by atoms with Gasteiger partial charge >= 0.3 is 6.09 Å². The summed E-state index contributed by atoms with van der Waals surface area (Å²) in [5.74, 6) is 0.625. The van der Waals surface area contributed by atoms with Crippen molar-refractivity contribution in [1.29, 1.82) is 0 Å². The molecule has 2 rings (SSSR count). The number of rotatable bonds is 8. The molecule has 1 amide bonds. The van der Waals surface area contributed by atoms with E-state index in [4.69, 9.17) is 9.16 Å². The summed E-state index contributed by atoms with van der Waals surface area (Å²) >= 11 is 0. The monoisotopic (exact) mass is 458 g/mol. The molecule has 0 aliphatic heterocycles. The van der Waals surface area contributed by atoms with Gasteiger partial charge < -0.3 is 9.16 Å². The maximum Gasteiger partial charge on any atom is 0.602 e. The molecule has 0 radical (unpaired) electrons. The van der Waals surface area contributed by atoms with Crippen LogP contribution in [-0.4, -0.2) is 26.3 Å². The molecule has 1 N–H and O–H groups in total. The van der Waals surface area contributed by atoms with E-state index in [2.05, 4.69) is 76.0 Å². The van der Waals surface area contributed by atoms with Gasteiger partial charge in [0, 0.05) is 0 Å². The Labute approximate surface area is 190 Å². The molecule has 0 aliphatic carbocycles. The van der Waals surface area contributed by atoms with E-state index in [0.717, 1.165) is 10.5 Å². The van der Waals surface area contributed by atoms with E-state index in [1.54, 1.807) is 0 Å². The van der Waals surface area contributed by atoms with E-state index in [1.165, 1.54) is 5.56 Å². The van der Waals surface area contributed by atoms with E-state index in [1.807, 2.05) is 36.4 Å². The molecule has 0 bridgehead atoms. The molecule has 168 valence electrons. The molecule has 0 saturated carbocycles. The van der Waals surface area contributed by atoms with Gasteiger partial charge in [-0.05, 0) is 42.8 Å². The molecule has 2 aromatic rings. The van der Waals surface area contributed by atoms with E-state index in [-0.39, 0.29) is 17.7 Å². The van der Waals surface area contributed by atoms with Gasteiger partial charge in [-0.2, -0.15) is 4.79 Å². The SMILES string of the molecule is C=C[C@@H](CS(=[NH+]C(=O)OCc1ccccc1)c1ccc(C)cc1)O[Si](C)(C)C(C)(C)C. The predicted molar refractivity (Wildman–Crippen MR) is 132 cm³/mol. The first kappa shape index (κ1) is 25.2. The molecule has 2 aromatic carbocycles. The minimum absolute atomic E-state index is 0.0960. The average Bonchev–Trinajstić information content (AvgIpc) is 2.71. The minimum atomic E-state index is -1.98. The Balaban J connectivity index is 2.23. The third-order valence-corrected chi connectivity index (χ3v) is 12.0. The number of amides is 1. The summed E-state index contributed by atoms with van der Waals surface area (Å²) in [5.41, 5.74) is 2.13. The zero-order valence-electron chi connectivity index (χ0n) is 19.6. The lowest BCUT2D eigenvalue weighted by Crippen LogP contribution is -2.75. The van der Waals surface area contributed by atoms with Crippen LogP contribution in [0.25, 0.3) is 0 Å². The molecule has 31 heavy (non-hydrogen) atoms. The van der Waals surface area contributed by atoms with Crippen molar-refractivity contribution in [2.75, 3.05) is 5.75 Å².